The maximum absolute atomic E-state index is 11.6. The Hall–Kier alpha value is -0.880. The van der Waals surface area contributed by atoms with Crippen LogP contribution in [-0.2, 0) is 9.53 Å². The van der Waals surface area contributed by atoms with Crippen molar-refractivity contribution in [2.75, 3.05) is 0 Å². The van der Waals surface area contributed by atoms with E-state index in [1.807, 2.05) is 19.9 Å². The van der Waals surface area contributed by atoms with Crippen molar-refractivity contribution in [2.24, 2.45) is 5.92 Å². The minimum atomic E-state index is -0.477. The van der Waals surface area contributed by atoms with E-state index in [0.717, 1.165) is 12.8 Å². The van der Waals surface area contributed by atoms with E-state index in [1.165, 1.54) is 0 Å². The van der Waals surface area contributed by atoms with Crippen LogP contribution in [0.5, 0.6) is 0 Å². The SMILES string of the molecule is CCC(C#N)C(=O)C1CCC(C)O1. The van der Waals surface area contributed by atoms with Crippen molar-refractivity contribution in [1.29, 1.82) is 5.26 Å². The van der Waals surface area contributed by atoms with Gasteiger partial charge in [0.1, 0.15) is 12.0 Å². The van der Waals surface area contributed by atoms with Gasteiger partial charge < -0.3 is 4.74 Å². The average Bonchev–Trinajstić information content (AvgIpc) is 2.54. The summed E-state index contributed by atoms with van der Waals surface area (Å²) < 4.78 is 5.41. The third kappa shape index (κ3) is 2.28. The molecule has 13 heavy (non-hydrogen) atoms. The van der Waals surface area contributed by atoms with E-state index in [1.54, 1.807) is 0 Å². The molecule has 1 rings (SSSR count). The van der Waals surface area contributed by atoms with Crippen molar-refractivity contribution in [3.05, 3.63) is 0 Å². The van der Waals surface area contributed by atoms with E-state index in [4.69, 9.17) is 10.00 Å². The highest BCUT2D eigenvalue weighted by molar-refractivity contribution is 5.87. The molecule has 0 amide bonds. The molecule has 0 aromatic carbocycles. The molecule has 3 heteroatoms. The van der Waals surface area contributed by atoms with Crippen molar-refractivity contribution < 1.29 is 9.53 Å². The molecule has 0 aromatic rings. The lowest BCUT2D eigenvalue weighted by Gasteiger charge is -2.12. The Morgan fingerprint density at radius 3 is 2.77 bits per heavy atom. The summed E-state index contributed by atoms with van der Waals surface area (Å²) in [4.78, 5) is 11.6. The molecule has 1 fully saturated rings. The summed E-state index contributed by atoms with van der Waals surface area (Å²) in [6.45, 7) is 3.81. The van der Waals surface area contributed by atoms with E-state index in [2.05, 4.69) is 0 Å². The Labute approximate surface area is 78.7 Å². The molecule has 0 bridgehead atoms. The lowest BCUT2D eigenvalue weighted by atomic mass is 9.97. The Morgan fingerprint density at radius 2 is 2.38 bits per heavy atom. The fourth-order valence-corrected chi connectivity index (χ4v) is 1.59. The quantitative estimate of drug-likeness (QED) is 0.665. The highest BCUT2D eigenvalue weighted by Crippen LogP contribution is 2.22. The first kappa shape index (κ1) is 10.2. The van der Waals surface area contributed by atoms with Crippen LogP contribution in [0.3, 0.4) is 0 Å². The molecule has 1 saturated heterocycles. The molecule has 0 aromatic heterocycles. The number of ketones is 1. The predicted octanol–water partition coefficient (Wildman–Crippen LogP) is 1.67. The number of hydrogen-bond donors (Lipinski definition) is 0. The van der Waals surface area contributed by atoms with Gasteiger partial charge in [-0.15, -0.1) is 0 Å². The van der Waals surface area contributed by atoms with Crippen LogP contribution in [0.25, 0.3) is 0 Å². The number of ether oxygens (including phenoxy) is 1. The zero-order valence-corrected chi connectivity index (χ0v) is 8.12. The van der Waals surface area contributed by atoms with Crippen LogP contribution in [0.1, 0.15) is 33.1 Å². The molecule has 1 aliphatic rings. The average molecular weight is 181 g/mol. The molecule has 0 N–H and O–H groups in total. The van der Waals surface area contributed by atoms with Crippen molar-refractivity contribution in [1.82, 2.24) is 0 Å². The molecule has 0 spiro atoms. The Morgan fingerprint density at radius 1 is 1.69 bits per heavy atom. The predicted molar refractivity (Wildman–Crippen MR) is 48.0 cm³/mol. The summed E-state index contributed by atoms with van der Waals surface area (Å²) in [6, 6.07) is 2.01. The van der Waals surface area contributed by atoms with Crippen molar-refractivity contribution in [2.45, 2.75) is 45.3 Å². The second kappa shape index (κ2) is 4.38. The fraction of sp³-hybridized carbons (Fsp3) is 0.800. The molecule has 72 valence electrons. The second-order valence-corrected chi connectivity index (χ2v) is 3.50. The maximum Gasteiger partial charge on any atom is 0.178 e. The third-order valence-electron chi connectivity index (χ3n) is 2.46. The van der Waals surface area contributed by atoms with Gasteiger partial charge in [0.15, 0.2) is 5.78 Å². The van der Waals surface area contributed by atoms with E-state index in [0.29, 0.717) is 6.42 Å². The van der Waals surface area contributed by atoms with Gasteiger partial charge in [-0.25, -0.2) is 0 Å². The number of rotatable bonds is 3. The Bertz CT molecular complexity index is 232. The smallest absolute Gasteiger partial charge is 0.178 e. The number of nitrogens with zero attached hydrogens (tertiary/aromatic N) is 1. The largest absolute Gasteiger partial charge is 0.367 e. The first-order valence-corrected chi connectivity index (χ1v) is 4.77. The van der Waals surface area contributed by atoms with Crippen LogP contribution in [-0.4, -0.2) is 18.0 Å². The van der Waals surface area contributed by atoms with Gasteiger partial charge in [-0.2, -0.15) is 5.26 Å². The van der Waals surface area contributed by atoms with Crippen LogP contribution in [0, 0.1) is 17.2 Å². The zero-order chi connectivity index (χ0) is 9.84. The van der Waals surface area contributed by atoms with Gasteiger partial charge in [0.05, 0.1) is 12.2 Å². The number of carbonyl (C=O) groups is 1. The summed E-state index contributed by atoms with van der Waals surface area (Å²) in [5.74, 6) is -0.510. The van der Waals surface area contributed by atoms with Crippen LogP contribution < -0.4 is 0 Å². The number of carbonyl (C=O) groups excluding carboxylic acids is 1. The summed E-state index contributed by atoms with van der Waals surface area (Å²) in [6.07, 6.45) is 2.14. The molecule has 3 nitrogen and oxygen atoms in total. The topological polar surface area (TPSA) is 50.1 Å². The lowest BCUT2D eigenvalue weighted by Crippen LogP contribution is -2.27. The molecular formula is C10H15NO2. The molecule has 0 aliphatic carbocycles. The Balaban J connectivity index is 2.53. The van der Waals surface area contributed by atoms with Crippen molar-refractivity contribution in [3.63, 3.8) is 0 Å². The number of hydrogen-bond acceptors (Lipinski definition) is 3. The molecule has 3 unspecified atom stereocenters. The highest BCUT2D eigenvalue weighted by Gasteiger charge is 2.32. The van der Waals surface area contributed by atoms with E-state index >= 15 is 0 Å². The summed E-state index contributed by atoms with van der Waals surface area (Å²) >= 11 is 0. The summed E-state index contributed by atoms with van der Waals surface area (Å²) in [5, 5.41) is 8.70. The monoisotopic (exact) mass is 181 g/mol. The van der Waals surface area contributed by atoms with Crippen LogP contribution in [0.15, 0.2) is 0 Å². The van der Waals surface area contributed by atoms with Crippen molar-refractivity contribution >= 4 is 5.78 Å². The zero-order valence-electron chi connectivity index (χ0n) is 8.12. The minimum Gasteiger partial charge on any atom is -0.367 e. The van der Waals surface area contributed by atoms with Gasteiger partial charge in [-0.1, -0.05) is 6.92 Å². The summed E-state index contributed by atoms with van der Waals surface area (Å²) in [5.41, 5.74) is 0. The number of Topliss-reactive ketones (excluding diaryl/α,β-unsaturated/α-hetero) is 1. The first-order chi connectivity index (χ1) is 6.19. The molecular weight excluding hydrogens is 166 g/mol. The lowest BCUT2D eigenvalue weighted by molar-refractivity contribution is -0.131. The Kier molecular flexibility index (Phi) is 3.44. The molecule has 1 aliphatic heterocycles. The first-order valence-electron chi connectivity index (χ1n) is 4.77. The third-order valence-corrected chi connectivity index (χ3v) is 2.46. The maximum atomic E-state index is 11.6. The van der Waals surface area contributed by atoms with Gasteiger partial charge >= 0.3 is 0 Å². The molecule has 0 radical (unpaired) electrons. The van der Waals surface area contributed by atoms with Crippen LogP contribution in [0.4, 0.5) is 0 Å². The van der Waals surface area contributed by atoms with Gasteiger partial charge in [-0.3, -0.25) is 4.79 Å². The van der Waals surface area contributed by atoms with Gasteiger partial charge in [0.25, 0.3) is 0 Å². The van der Waals surface area contributed by atoms with Gasteiger partial charge in [-0.05, 0) is 26.2 Å². The number of nitriles is 1. The molecule has 0 saturated carbocycles. The second-order valence-electron chi connectivity index (χ2n) is 3.50. The van der Waals surface area contributed by atoms with E-state index < -0.39 is 5.92 Å². The van der Waals surface area contributed by atoms with E-state index in [9.17, 15) is 4.79 Å². The normalized spacial score (nSPS) is 29.6. The standard InChI is InChI=1S/C10H15NO2/c1-3-8(6-11)10(12)9-5-4-7(2)13-9/h7-9H,3-5H2,1-2H3. The van der Waals surface area contributed by atoms with E-state index in [-0.39, 0.29) is 18.0 Å². The molecule has 1 heterocycles. The van der Waals surface area contributed by atoms with Crippen LogP contribution in [0.2, 0.25) is 0 Å². The minimum absolute atomic E-state index is 0.0330. The fourth-order valence-electron chi connectivity index (χ4n) is 1.59. The van der Waals surface area contributed by atoms with Gasteiger partial charge in [0, 0.05) is 0 Å². The highest BCUT2D eigenvalue weighted by atomic mass is 16.5. The van der Waals surface area contributed by atoms with Crippen molar-refractivity contribution in [3.8, 4) is 6.07 Å². The van der Waals surface area contributed by atoms with Gasteiger partial charge in [0.2, 0.25) is 0 Å². The van der Waals surface area contributed by atoms with Crippen LogP contribution >= 0.6 is 0 Å². The molecule has 3 atom stereocenters. The summed E-state index contributed by atoms with van der Waals surface area (Å²) in [7, 11) is 0.